The summed E-state index contributed by atoms with van der Waals surface area (Å²) >= 11 is 0. The molecule has 0 saturated carbocycles. The van der Waals surface area contributed by atoms with Crippen molar-refractivity contribution in [1.82, 2.24) is 0 Å². The predicted molar refractivity (Wildman–Crippen MR) is 97.8 cm³/mol. The zero-order valence-corrected chi connectivity index (χ0v) is 15.0. The number of carbonyl (C=O) groups excluding carboxylic acids is 3. The number of carbonyl (C=O) groups is 3. The normalized spacial score (nSPS) is 10.0. The molecular weight excluding hydrogens is 336 g/mol. The monoisotopic (exact) mass is 356 g/mol. The van der Waals surface area contributed by atoms with Gasteiger partial charge in [-0.05, 0) is 36.4 Å². The number of ether oxygens (including phenoxy) is 2. The van der Waals surface area contributed by atoms with E-state index in [4.69, 9.17) is 4.74 Å². The van der Waals surface area contributed by atoms with Crippen molar-refractivity contribution < 1.29 is 23.9 Å². The molecule has 0 aliphatic heterocycles. The molecule has 0 unspecified atom stereocenters. The van der Waals surface area contributed by atoms with Crippen molar-refractivity contribution in [2.75, 3.05) is 38.5 Å². The maximum Gasteiger partial charge on any atom is 0.339 e. The van der Waals surface area contributed by atoms with Gasteiger partial charge in [-0.1, -0.05) is 6.07 Å². The highest BCUT2D eigenvalue weighted by atomic mass is 16.5. The zero-order chi connectivity index (χ0) is 19.3. The molecule has 0 radical (unpaired) electrons. The summed E-state index contributed by atoms with van der Waals surface area (Å²) in [6.45, 7) is 0. The average Bonchev–Trinajstić information content (AvgIpc) is 2.66. The summed E-state index contributed by atoms with van der Waals surface area (Å²) in [4.78, 5) is 38.2. The van der Waals surface area contributed by atoms with Crippen LogP contribution in [0.5, 0.6) is 0 Å². The largest absolute Gasteiger partial charge is 0.465 e. The van der Waals surface area contributed by atoms with Crippen molar-refractivity contribution in [1.29, 1.82) is 0 Å². The highest BCUT2D eigenvalue weighted by Gasteiger charge is 2.18. The molecule has 7 heteroatoms. The fourth-order valence-corrected chi connectivity index (χ4v) is 2.30. The third kappa shape index (κ3) is 4.18. The third-order valence-corrected chi connectivity index (χ3v) is 3.72. The minimum Gasteiger partial charge on any atom is -0.465 e. The molecule has 0 aliphatic carbocycles. The smallest absolute Gasteiger partial charge is 0.339 e. The zero-order valence-electron chi connectivity index (χ0n) is 15.0. The van der Waals surface area contributed by atoms with E-state index in [2.05, 4.69) is 10.1 Å². The Morgan fingerprint density at radius 3 is 2.19 bits per heavy atom. The number of amides is 1. The van der Waals surface area contributed by atoms with E-state index in [1.165, 1.54) is 32.4 Å². The summed E-state index contributed by atoms with van der Waals surface area (Å²) in [6, 6.07) is 11.2. The lowest BCUT2D eigenvalue weighted by Gasteiger charge is -2.14. The fourth-order valence-electron chi connectivity index (χ4n) is 2.30. The van der Waals surface area contributed by atoms with Crippen molar-refractivity contribution in [3.05, 3.63) is 59.2 Å². The molecule has 0 aliphatic rings. The number of hydrogen-bond donors (Lipinski definition) is 1. The first-order valence-electron chi connectivity index (χ1n) is 7.76. The van der Waals surface area contributed by atoms with Gasteiger partial charge in [0.25, 0.3) is 5.91 Å². The van der Waals surface area contributed by atoms with Crippen molar-refractivity contribution in [2.24, 2.45) is 0 Å². The van der Waals surface area contributed by atoms with Crippen LogP contribution in [0.15, 0.2) is 42.5 Å². The second kappa shape index (κ2) is 8.15. The second-order valence-corrected chi connectivity index (χ2v) is 5.64. The van der Waals surface area contributed by atoms with Crippen LogP contribution in [0, 0.1) is 0 Å². The Balaban J connectivity index is 2.39. The van der Waals surface area contributed by atoms with E-state index < -0.39 is 17.8 Å². The molecule has 26 heavy (non-hydrogen) atoms. The SMILES string of the molecule is COC(=O)c1ccc(C(=O)OC)c(NC(=O)c2cccc(N(C)C)c2)c1. The van der Waals surface area contributed by atoms with Gasteiger partial charge in [-0.3, -0.25) is 4.79 Å². The molecule has 1 amide bonds. The van der Waals surface area contributed by atoms with Crippen LogP contribution < -0.4 is 10.2 Å². The van der Waals surface area contributed by atoms with Crippen LogP contribution in [0.1, 0.15) is 31.1 Å². The molecule has 0 atom stereocenters. The minimum atomic E-state index is -0.626. The fraction of sp³-hybridized carbons (Fsp3) is 0.211. The van der Waals surface area contributed by atoms with Crippen molar-refractivity contribution in [3.8, 4) is 0 Å². The van der Waals surface area contributed by atoms with Crippen molar-refractivity contribution >= 4 is 29.2 Å². The Bertz CT molecular complexity index is 846. The van der Waals surface area contributed by atoms with Gasteiger partial charge in [0, 0.05) is 25.3 Å². The maximum absolute atomic E-state index is 12.6. The van der Waals surface area contributed by atoms with E-state index in [1.54, 1.807) is 18.2 Å². The first-order valence-corrected chi connectivity index (χ1v) is 7.76. The van der Waals surface area contributed by atoms with Crippen LogP contribution in [0.25, 0.3) is 0 Å². The Morgan fingerprint density at radius 2 is 1.58 bits per heavy atom. The molecule has 0 spiro atoms. The van der Waals surface area contributed by atoms with Gasteiger partial charge in [0.2, 0.25) is 0 Å². The molecule has 0 saturated heterocycles. The Hall–Kier alpha value is -3.35. The summed E-state index contributed by atoms with van der Waals surface area (Å²) in [6.07, 6.45) is 0. The van der Waals surface area contributed by atoms with Crippen molar-refractivity contribution in [3.63, 3.8) is 0 Å². The van der Waals surface area contributed by atoms with Gasteiger partial charge in [0.05, 0.1) is 31.0 Å². The van der Waals surface area contributed by atoms with Crippen LogP contribution in [0.3, 0.4) is 0 Å². The number of rotatable bonds is 5. The number of nitrogens with one attached hydrogen (secondary N) is 1. The molecule has 0 fully saturated rings. The molecule has 2 aromatic rings. The van der Waals surface area contributed by atoms with E-state index in [1.807, 2.05) is 25.1 Å². The molecule has 1 N–H and O–H groups in total. The molecule has 0 heterocycles. The number of benzene rings is 2. The van der Waals surface area contributed by atoms with Crippen LogP contribution in [-0.2, 0) is 9.47 Å². The lowest BCUT2D eigenvalue weighted by molar-refractivity contribution is 0.0587. The van der Waals surface area contributed by atoms with E-state index in [-0.39, 0.29) is 16.8 Å². The number of methoxy groups -OCH3 is 2. The van der Waals surface area contributed by atoms with Gasteiger partial charge < -0.3 is 19.7 Å². The third-order valence-electron chi connectivity index (χ3n) is 3.72. The summed E-state index contributed by atoms with van der Waals surface area (Å²) in [7, 11) is 6.22. The molecule has 0 bridgehead atoms. The standard InChI is InChI=1S/C19H20N2O5/c1-21(2)14-7-5-6-12(10-14)17(22)20-16-11-13(18(23)25-3)8-9-15(16)19(24)26-4/h5-11H,1-4H3,(H,20,22). The van der Waals surface area contributed by atoms with Gasteiger partial charge in [-0.25, -0.2) is 9.59 Å². The van der Waals surface area contributed by atoms with Gasteiger partial charge in [0.15, 0.2) is 0 Å². The van der Waals surface area contributed by atoms with Crippen LogP contribution in [0.4, 0.5) is 11.4 Å². The number of anilines is 2. The lowest BCUT2D eigenvalue weighted by atomic mass is 10.1. The Kier molecular flexibility index (Phi) is 5.95. The van der Waals surface area contributed by atoms with Crippen LogP contribution in [0.2, 0.25) is 0 Å². The summed E-state index contributed by atoms with van der Waals surface area (Å²) in [5.41, 5.74) is 1.78. The van der Waals surface area contributed by atoms with E-state index in [0.29, 0.717) is 5.56 Å². The van der Waals surface area contributed by atoms with Gasteiger partial charge in [-0.15, -0.1) is 0 Å². The second-order valence-electron chi connectivity index (χ2n) is 5.64. The lowest BCUT2D eigenvalue weighted by Crippen LogP contribution is -2.17. The molecule has 7 nitrogen and oxygen atoms in total. The topological polar surface area (TPSA) is 84.9 Å². The highest BCUT2D eigenvalue weighted by Crippen LogP contribution is 2.21. The molecule has 0 aromatic heterocycles. The Labute approximate surface area is 151 Å². The van der Waals surface area contributed by atoms with Crippen LogP contribution >= 0.6 is 0 Å². The maximum atomic E-state index is 12.6. The first kappa shape index (κ1) is 19.0. The first-order chi connectivity index (χ1) is 12.4. The summed E-state index contributed by atoms with van der Waals surface area (Å²) < 4.78 is 9.40. The molecule has 136 valence electrons. The molecule has 2 aromatic carbocycles. The minimum absolute atomic E-state index is 0.136. The molecule has 2 rings (SSSR count). The number of esters is 2. The van der Waals surface area contributed by atoms with Crippen molar-refractivity contribution in [2.45, 2.75) is 0 Å². The van der Waals surface area contributed by atoms with Crippen LogP contribution in [-0.4, -0.2) is 46.2 Å². The quantitative estimate of drug-likeness (QED) is 0.829. The predicted octanol–water partition coefficient (Wildman–Crippen LogP) is 2.58. The highest BCUT2D eigenvalue weighted by molar-refractivity contribution is 6.09. The number of nitrogens with zero attached hydrogens (tertiary/aromatic N) is 1. The Morgan fingerprint density at radius 1 is 0.885 bits per heavy atom. The van der Waals surface area contributed by atoms with E-state index in [0.717, 1.165) is 5.69 Å². The van der Waals surface area contributed by atoms with E-state index >= 15 is 0 Å². The summed E-state index contributed by atoms with van der Waals surface area (Å²) in [5, 5.41) is 2.66. The van der Waals surface area contributed by atoms with Gasteiger partial charge in [0.1, 0.15) is 0 Å². The van der Waals surface area contributed by atoms with Gasteiger partial charge in [-0.2, -0.15) is 0 Å². The summed E-state index contributed by atoms with van der Waals surface area (Å²) in [5.74, 6) is -1.62. The average molecular weight is 356 g/mol. The van der Waals surface area contributed by atoms with E-state index in [9.17, 15) is 14.4 Å². The molecular formula is C19H20N2O5. The number of hydrogen-bond acceptors (Lipinski definition) is 6. The van der Waals surface area contributed by atoms with Gasteiger partial charge >= 0.3 is 11.9 Å².